The highest BCUT2D eigenvalue weighted by molar-refractivity contribution is 5.68. The van der Waals surface area contributed by atoms with Crippen LogP contribution in [0.4, 0.5) is 0 Å². The van der Waals surface area contributed by atoms with Gasteiger partial charge in [0.1, 0.15) is 0 Å². The zero-order valence-electron chi connectivity index (χ0n) is 10.4. The van der Waals surface area contributed by atoms with Crippen molar-refractivity contribution in [2.24, 2.45) is 5.92 Å². The summed E-state index contributed by atoms with van der Waals surface area (Å²) in [5.41, 5.74) is 0. The second-order valence-electron chi connectivity index (χ2n) is 4.79. The average molecular weight is 228 g/mol. The van der Waals surface area contributed by atoms with Gasteiger partial charge in [0, 0.05) is 12.6 Å². The quantitative estimate of drug-likeness (QED) is 0.716. The Hall–Kier alpha value is -0.610. The Labute approximate surface area is 98.0 Å². The Kier molecular flexibility index (Phi) is 5.77. The van der Waals surface area contributed by atoms with Gasteiger partial charge in [0.2, 0.25) is 0 Å². The van der Waals surface area contributed by atoms with Crippen molar-refractivity contribution < 1.29 is 9.90 Å². The van der Waals surface area contributed by atoms with Crippen LogP contribution >= 0.6 is 0 Å². The van der Waals surface area contributed by atoms with Crippen LogP contribution in [0.5, 0.6) is 0 Å². The Morgan fingerprint density at radius 2 is 2.38 bits per heavy atom. The van der Waals surface area contributed by atoms with Gasteiger partial charge >= 0.3 is 5.97 Å². The molecule has 2 unspecified atom stereocenters. The van der Waals surface area contributed by atoms with Crippen molar-refractivity contribution in [3.8, 4) is 0 Å². The summed E-state index contributed by atoms with van der Waals surface area (Å²) in [6, 6.07) is 0.655. The average Bonchev–Trinajstić information content (AvgIpc) is 2.28. The first-order valence-corrected chi connectivity index (χ1v) is 6.30. The van der Waals surface area contributed by atoms with Crippen molar-refractivity contribution in [1.29, 1.82) is 0 Å². The van der Waals surface area contributed by atoms with E-state index >= 15 is 0 Å². The first-order valence-electron chi connectivity index (χ1n) is 6.30. The summed E-state index contributed by atoms with van der Waals surface area (Å²) < 4.78 is 0. The molecule has 4 heteroatoms. The van der Waals surface area contributed by atoms with Crippen molar-refractivity contribution in [1.82, 2.24) is 10.2 Å². The molecule has 0 aromatic heterocycles. The van der Waals surface area contributed by atoms with Crippen molar-refractivity contribution in [2.75, 3.05) is 26.2 Å². The molecular weight excluding hydrogens is 204 g/mol. The minimum Gasteiger partial charge on any atom is -0.480 e. The second-order valence-corrected chi connectivity index (χ2v) is 4.79. The van der Waals surface area contributed by atoms with Crippen LogP contribution in [0.3, 0.4) is 0 Å². The third-order valence-electron chi connectivity index (χ3n) is 3.47. The van der Waals surface area contributed by atoms with E-state index in [1.165, 1.54) is 25.8 Å². The van der Waals surface area contributed by atoms with Crippen LogP contribution in [-0.4, -0.2) is 48.2 Å². The zero-order valence-corrected chi connectivity index (χ0v) is 10.4. The molecule has 94 valence electrons. The van der Waals surface area contributed by atoms with Crippen LogP contribution in [0.1, 0.15) is 33.1 Å². The van der Waals surface area contributed by atoms with Crippen LogP contribution in [-0.2, 0) is 4.79 Å². The SMILES string of the molecule is CCC(C)N1CCCC(CNCC(=O)O)C1. The number of likely N-dealkylation sites (tertiary alicyclic amines) is 1. The fourth-order valence-corrected chi connectivity index (χ4v) is 2.31. The van der Waals surface area contributed by atoms with Gasteiger partial charge in [0.05, 0.1) is 6.54 Å². The van der Waals surface area contributed by atoms with Gasteiger partial charge in [-0.25, -0.2) is 0 Å². The molecule has 4 nitrogen and oxygen atoms in total. The van der Waals surface area contributed by atoms with Gasteiger partial charge in [-0.15, -0.1) is 0 Å². The number of carboxylic acid groups (broad SMARTS) is 1. The Balaban J connectivity index is 2.24. The van der Waals surface area contributed by atoms with Gasteiger partial charge in [0.15, 0.2) is 0 Å². The topological polar surface area (TPSA) is 52.6 Å². The predicted octanol–water partition coefficient (Wildman–Crippen LogP) is 1.17. The van der Waals surface area contributed by atoms with Gasteiger partial charge in [-0.1, -0.05) is 6.92 Å². The lowest BCUT2D eigenvalue weighted by Crippen LogP contribution is -2.44. The van der Waals surface area contributed by atoms with E-state index < -0.39 is 5.97 Å². The zero-order chi connectivity index (χ0) is 12.0. The maximum absolute atomic E-state index is 10.4. The molecule has 2 atom stereocenters. The molecule has 0 amide bonds. The van der Waals surface area contributed by atoms with E-state index in [0.29, 0.717) is 12.0 Å². The molecule has 0 saturated carbocycles. The van der Waals surface area contributed by atoms with Crippen LogP contribution in [0.25, 0.3) is 0 Å². The molecule has 1 saturated heterocycles. The van der Waals surface area contributed by atoms with Gasteiger partial charge in [-0.3, -0.25) is 4.79 Å². The van der Waals surface area contributed by atoms with E-state index in [1.807, 2.05) is 0 Å². The Bertz CT molecular complexity index is 221. The molecule has 0 aromatic carbocycles. The van der Waals surface area contributed by atoms with Gasteiger partial charge < -0.3 is 15.3 Å². The van der Waals surface area contributed by atoms with Crippen molar-refractivity contribution in [2.45, 2.75) is 39.2 Å². The molecule has 16 heavy (non-hydrogen) atoms. The Morgan fingerprint density at radius 1 is 1.62 bits per heavy atom. The Morgan fingerprint density at radius 3 is 3.00 bits per heavy atom. The number of aliphatic carboxylic acids is 1. The maximum atomic E-state index is 10.4. The van der Waals surface area contributed by atoms with E-state index in [1.54, 1.807) is 0 Å². The third-order valence-corrected chi connectivity index (χ3v) is 3.47. The standard InChI is InChI=1S/C12H24N2O2/c1-3-10(2)14-6-4-5-11(9-14)7-13-8-12(15)16/h10-11,13H,3-9H2,1-2H3,(H,15,16). The molecule has 0 aromatic rings. The summed E-state index contributed by atoms with van der Waals surface area (Å²) in [7, 11) is 0. The fourth-order valence-electron chi connectivity index (χ4n) is 2.31. The lowest BCUT2D eigenvalue weighted by atomic mass is 9.96. The fraction of sp³-hybridized carbons (Fsp3) is 0.917. The van der Waals surface area contributed by atoms with Crippen LogP contribution in [0, 0.1) is 5.92 Å². The van der Waals surface area contributed by atoms with E-state index in [0.717, 1.165) is 13.1 Å². The molecule has 1 rings (SSSR count). The summed E-state index contributed by atoms with van der Waals surface area (Å²) in [5.74, 6) is -0.156. The van der Waals surface area contributed by atoms with E-state index in [2.05, 4.69) is 24.1 Å². The smallest absolute Gasteiger partial charge is 0.317 e. The molecule has 1 aliphatic rings. The maximum Gasteiger partial charge on any atom is 0.317 e. The number of hydrogen-bond donors (Lipinski definition) is 2. The summed E-state index contributed by atoms with van der Waals surface area (Å²) >= 11 is 0. The first-order chi connectivity index (χ1) is 7.63. The summed E-state index contributed by atoms with van der Waals surface area (Å²) in [6.45, 7) is 7.72. The molecule has 1 fully saturated rings. The number of nitrogens with zero attached hydrogens (tertiary/aromatic N) is 1. The molecule has 0 bridgehead atoms. The molecule has 0 spiro atoms. The number of carbonyl (C=O) groups is 1. The van der Waals surface area contributed by atoms with Crippen LogP contribution in [0.2, 0.25) is 0 Å². The molecule has 2 N–H and O–H groups in total. The first kappa shape index (κ1) is 13.5. The van der Waals surface area contributed by atoms with Crippen molar-refractivity contribution >= 4 is 5.97 Å². The third kappa shape index (κ3) is 4.49. The molecule has 1 heterocycles. The van der Waals surface area contributed by atoms with Gasteiger partial charge in [-0.05, 0) is 45.2 Å². The summed E-state index contributed by atoms with van der Waals surface area (Å²) in [4.78, 5) is 12.9. The van der Waals surface area contributed by atoms with E-state index in [-0.39, 0.29) is 6.54 Å². The minimum atomic E-state index is -0.769. The second kappa shape index (κ2) is 6.86. The highest BCUT2D eigenvalue weighted by Gasteiger charge is 2.22. The molecule has 0 aliphatic carbocycles. The minimum absolute atomic E-state index is 0.0832. The van der Waals surface area contributed by atoms with E-state index in [9.17, 15) is 4.79 Å². The van der Waals surface area contributed by atoms with Crippen molar-refractivity contribution in [3.05, 3.63) is 0 Å². The lowest BCUT2D eigenvalue weighted by molar-refractivity contribution is -0.136. The molecule has 0 radical (unpaired) electrons. The molecular formula is C12H24N2O2. The van der Waals surface area contributed by atoms with E-state index in [4.69, 9.17) is 5.11 Å². The largest absolute Gasteiger partial charge is 0.480 e. The lowest BCUT2D eigenvalue weighted by Gasteiger charge is -2.36. The highest BCUT2D eigenvalue weighted by Crippen LogP contribution is 2.18. The number of carboxylic acids is 1. The molecule has 1 aliphatic heterocycles. The van der Waals surface area contributed by atoms with Gasteiger partial charge in [-0.2, -0.15) is 0 Å². The number of hydrogen-bond acceptors (Lipinski definition) is 3. The predicted molar refractivity (Wildman–Crippen MR) is 64.6 cm³/mol. The van der Waals surface area contributed by atoms with Crippen molar-refractivity contribution in [3.63, 3.8) is 0 Å². The van der Waals surface area contributed by atoms with Crippen LogP contribution in [0.15, 0.2) is 0 Å². The summed E-state index contributed by atoms with van der Waals surface area (Å²) in [5, 5.41) is 11.6. The number of piperidine rings is 1. The number of rotatable bonds is 6. The highest BCUT2D eigenvalue weighted by atomic mass is 16.4. The van der Waals surface area contributed by atoms with Gasteiger partial charge in [0.25, 0.3) is 0 Å². The summed E-state index contributed by atoms with van der Waals surface area (Å²) in [6.07, 6.45) is 3.65. The normalized spacial score (nSPS) is 24.2. The monoisotopic (exact) mass is 228 g/mol. The number of nitrogens with one attached hydrogen (secondary N) is 1. The van der Waals surface area contributed by atoms with Crippen LogP contribution < -0.4 is 5.32 Å².